The molecule has 0 bridgehead atoms. The summed E-state index contributed by atoms with van der Waals surface area (Å²) in [6, 6.07) is 7.95. The third kappa shape index (κ3) is 6.35. The Kier molecular flexibility index (Phi) is 7.79. The average Bonchev–Trinajstić information content (AvgIpc) is 3.51. The number of aromatic nitrogens is 3. The van der Waals surface area contributed by atoms with Crippen molar-refractivity contribution in [2.75, 3.05) is 6.54 Å². The van der Waals surface area contributed by atoms with Crippen LogP contribution in [0.15, 0.2) is 52.3 Å². The molecule has 0 unspecified atom stereocenters. The standard InChI is InChI=1S/C28H28ClF3N4O4S/c1-15-8-16(29)9-20(24(15)40-17-10-22(34-12-17)27(2,3)39)19-4-6-33-21-11-18(41-25(19)21)13-36-23(37)5-7-35(26(36)38)14-28(30,31)32/h4-9,11,17,22,34,39H,10,12-14H2,1-3H3/t17-,22+/m0/s1. The largest absolute Gasteiger partial charge is 0.488 e. The van der Waals surface area contributed by atoms with Crippen LogP contribution in [0.2, 0.25) is 5.02 Å². The Hall–Kier alpha value is -3.19. The van der Waals surface area contributed by atoms with Crippen molar-refractivity contribution >= 4 is 33.2 Å². The summed E-state index contributed by atoms with van der Waals surface area (Å²) < 4.78 is 47.2. The first kappa shape index (κ1) is 29.3. The van der Waals surface area contributed by atoms with Crippen molar-refractivity contribution in [2.45, 2.75) is 64.2 Å². The zero-order valence-corrected chi connectivity index (χ0v) is 24.0. The molecule has 1 fully saturated rings. The monoisotopic (exact) mass is 608 g/mol. The van der Waals surface area contributed by atoms with E-state index in [1.807, 2.05) is 19.1 Å². The van der Waals surface area contributed by atoms with E-state index in [1.165, 1.54) is 11.3 Å². The van der Waals surface area contributed by atoms with Gasteiger partial charge in [0.05, 0.1) is 22.4 Å². The molecule has 5 rings (SSSR count). The lowest BCUT2D eigenvalue weighted by atomic mass is 9.97. The molecular weight excluding hydrogens is 581 g/mol. The van der Waals surface area contributed by atoms with Crippen LogP contribution in [0, 0.1) is 6.92 Å². The summed E-state index contributed by atoms with van der Waals surface area (Å²) in [6.07, 6.45) is -1.71. The number of nitrogens with zero attached hydrogens (tertiary/aromatic N) is 3. The topological polar surface area (TPSA) is 98.4 Å². The number of nitrogens with one attached hydrogen (secondary N) is 1. The van der Waals surface area contributed by atoms with Gasteiger partial charge in [0.2, 0.25) is 0 Å². The Morgan fingerprint density at radius 2 is 1.95 bits per heavy atom. The third-order valence-corrected chi connectivity index (χ3v) is 8.38. The number of hydrogen-bond acceptors (Lipinski definition) is 7. The van der Waals surface area contributed by atoms with Crippen LogP contribution in [0.25, 0.3) is 21.3 Å². The summed E-state index contributed by atoms with van der Waals surface area (Å²) in [5.41, 5.74) is 0.263. The quantitative estimate of drug-likeness (QED) is 0.315. The number of benzene rings is 1. The van der Waals surface area contributed by atoms with Gasteiger partial charge >= 0.3 is 11.9 Å². The molecule has 0 spiro atoms. The van der Waals surface area contributed by atoms with Crippen molar-refractivity contribution in [3.63, 3.8) is 0 Å². The summed E-state index contributed by atoms with van der Waals surface area (Å²) in [7, 11) is 0. The highest BCUT2D eigenvalue weighted by Crippen LogP contribution is 2.42. The van der Waals surface area contributed by atoms with Crippen LogP contribution in [0.1, 0.15) is 30.7 Å². The van der Waals surface area contributed by atoms with Gasteiger partial charge in [0.25, 0.3) is 5.56 Å². The van der Waals surface area contributed by atoms with Gasteiger partial charge in [0.1, 0.15) is 18.4 Å². The van der Waals surface area contributed by atoms with E-state index in [-0.39, 0.29) is 18.7 Å². The molecule has 1 aliphatic rings. The minimum atomic E-state index is -4.61. The van der Waals surface area contributed by atoms with Gasteiger partial charge in [0, 0.05) is 58.5 Å². The fourth-order valence-electron chi connectivity index (χ4n) is 5.03. The van der Waals surface area contributed by atoms with Gasteiger partial charge in [-0.25, -0.2) is 4.79 Å². The fraction of sp³-hybridized carbons (Fsp3) is 0.393. The first-order valence-electron chi connectivity index (χ1n) is 12.9. The Bertz CT molecular complexity index is 1720. The second kappa shape index (κ2) is 10.9. The number of aryl methyl sites for hydroxylation is 1. The van der Waals surface area contributed by atoms with Gasteiger partial charge in [-0.05, 0) is 50.6 Å². The minimum absolute atomic E-state index is 0.127. The van der Waals surface area contributed by atoms with Crippen molar-refractivity contribution in [3.8, 4) is 16.9 Å². The van der Waals surface area contributed by atoms with Gasteiger partial charge < -0.3 is 15.2 Å². The first-order valence-corrected chi connectivity index (χ1v) is 14.1. The van der Waals surface area contributed by atoms with E-state index in [4.69, 9.17) is 16.3 Å². The average molecular weight is 609 g/mol. The molecule has 3 aromatic heterocycles. The number of thiophene rings is 1. The second-order valence-corrected chi connectivity index (χ2v) is 12.3. The summed E-state index contributed by atoms with van der Waals surface area (Å²) >= 11 is 7.74. The van der Waals surface area contributed by atoms with Crippen molar-refractivity contribution in [2.24, 2.45) is 0 Å². The highest BCUT2D eigenvalue weighted by molar-refractivity contribution is 7.19. The molecule has 0 amide bonds. The molecule has 41 heavy (non-hydrogen) atoms. The van der Waals surface area contributed by atoms with Crippen molar-refractivity contribution in [1.29, 1.82) is 0 Å². The van der Waals surface area contributed by atoms with Crippen LogP contribution in [0.3, 0.4) is 0 Å². The number of aliphatic hydroxyl groups is 1. The summed E-state index contributed by atoms with van der Waals surface area (Å²) in [5, 5.41) is 14.2. The lowest BCUT2D eigenvalue weighted by Crippen LogP contribution is -2.42. The Morgan fingerprint density at radius 3 is 2.63 bits per heavy atom. The molecule has 0 radical (unpaired) electrons. The van der Waals surface area contributed by atoms with Crippen LogP contribution in [0.5, 0.6) is 5.75 Å². The van der Waals surface area contributed by atoms with Gasteiger partial charge in [-0.15, -0.1) is 11.3 Å². The molecule has 1 saturated heterocycles. The van der Waals surface area contributed by atoms with Crippen LogP contribution < -0.4 is 21.3 Å². The van der Waals surface area contributed by atoms with Gasteiger partial charge in [-0.1, -0.05) is 11.6 Å². The maximum absolute atomic E-state index is 12.9. The van der Waals surface area contributed by atoms with Crippen molar-refractivity contribution < 1.29 is 23.0 Å². The summed E-state index contributed by atoms with van der Waals surface area (Å²) in [6.45, 7) is 4.26. The van der Waals surface area contributed by atoms with E-state index in [2.05, 4.69) is 10.3 Å². The van der Waals surface area contributed by atoms with Crippen molar-refractivity contribution in [3.05, 3.63) is 79.0 Å². The van der Waals surface area contributed by atoms with Crippen LogP contribution in [-0.4, -0.2) is 49.7 Å². The van der Waals surface area contributed by atoms with Crippen LogP contribution in [-0.2, 0) is 13.1 Å². The van der Waals surface area contributed by atoms with Crippen molar-refractivity contribution in [1.82, 2.24) is 19.4 Å². The second-order valence-electron chi connectivity index (χ2n) is 10.7. The molecule has 0 aliphatic carbocycles. The maximum Gasteiger partial charge on any atom is 0.406 e. The number of ether oxygens (including phenoxy) is 1. The number of rotatable bonds is 7. The van der Waals surface area contributed by atoms with E-state index in [9.17, 15) is 27.9 Å². The fourth-order valence-corrected chi connectivity index (χ4v) is 6.44. The number of alkyl halides is 3. The molecule has 2 atom stereocenters. The normalized spacial score (nSPS) is 17.9. The summed E-state index contributed by atoms with van der Waals surface area (Å²) in [5.74, 6) is 0.634. The summed E-state index contributed by atoms with van der Waals surface area (Å²) in [4.78, 5) is 30.2. The predicted molar refractivity (Wildman–Crippen MR) is 152 cm³/mol. The highest BCUT2D eigenvalue weighted by Gasteiger charge is 2.36. The lowest BCUT2D eigenvalue weighted by molar-refractivity contribution is -0.141. The molecule has 2 N–H and O–H groups in total. The van der Waals surface area contributed by atoms with E-state index in [1.54, 1.807) is 32.2 Å². The third-order valence-electron chi connectivity index (χ3n) is 7.02. The molecule has 4 aromatic rings. The Balaban J connectivity index is 1.52. The zero-order valence-electron chi connectivity index (χ0n) is 22.5. The minimum Gasteiger partial charge on any atom is -0.488 e. The molecule has 1 aliphatic heterocycles. The maximum atomic E-state index is 12.9. The van der Waals surface area contributed by atoms with Crippen LogP contribution in [0.4, 0.5) is 13.2 Å². The van der Waals surface area contributed by atoms with Gasteiger partial charge in [-0.2, -0.15) is 13.2 Å². The van der Waals surface area contributed by atoms with Gasteiger partial charge in [0.15, 0.2) is 0 Å². The highest BCUT2D eigenvalue weighted by atomic mass is 35.5. The first-order chi connectivity index (χ1) is 19.2. The predicted octanol–water partition coefficient (Wildman–Crippen LogP) is 4.74. The van der Waals surface area contributed by atoms with E-state index in [0.717, 1.165) is 38.2 Å². The molecule has 1 aromatic carbocycles. The van der Waals surface area contributed by atoms with E-state index < -0.39 is 29.6 Å². The number of fused-ring (bicyclic) bond motifs is 1. The molecular formula is C28H28ClF3N4O4S. The smallest absolute Gasteiger partial charge is 0.406 e. The lowest BCUT2D eigenvalue weighted by Gasteiger charge is -2.25. The Morgan fingerprint density at radius 1 is 1.20 bits per heavy atom. The molecule has 218 valence electrons. The van der Waals surface area contributed by atoms with E-state index in [0.29, 0.717) is 38.7 Å². The Labute approximate surface area is 242 Å². The zero-order chi connectivity index (χ0) is 29.7. The molecule has 0 saturated carbocycles. The van der Waals surface area contributed by atoms with E-state index >= 15 is 0 Å². The molecule has 13 heteroatoms. The van der Waals surface area contributed by atoms with Crippen LogP contribution >= 0.6 is 22.9 Å². The number of hydrogen-bond donors (Lipinski definition) is 2. The number of halogens is 4. The molecule has 4 heterocycles. The number of pyridine rings is 1. The molecule has 8 nitrogen and oxygen atoms in total. The van der Waals surface area contributed by atoms with Gasteiger partial charge in [-0.3, -0.25) is 18.9 Å². The SMILES string of the molecule is Cc1cc(Cl)cc(-c2ccnc3cc(Cn4c(=O)ccn(CC(F)(F)F)c4=O)sc23)c1O[C@@H]1CN[C@@H](C(C)(C)O)C1.